The maximum atomic E-state index is 11.8. The van der Waals surface area contributed by atoms with E-state index in [0.717, 1.165) is 12.3 Å². The molecule has 1 aromatic heterocycles. The second-order valence-corrected chi connectivity index (χ2v) is 4.59. The standard InChI is InChI=1S/C13H17NO4/c1-2-10-9(13(16)17)7-11(18-10)12(15)14-6-5-8-3-4-8/h7-8H,2-6H2,1H3,(H,14,15)(H,16,17). The molecule has 1 heterocycles. The van der Waals surface area contributed by atoms with Crippen molar-refractivity contribution in [3.05, 3.63) is 23.2 Å². The summed E-state index contributed by atoms with van der Waals surface area (Å²) in [4.78, 5) is 22.7. The molecule has 0 saturated heterocycles. The molecule has 98 valence electrons. The summed E-state index contributed by atoms with van der Waals surface area (Å²) in [6, 6.07) is 1.30. The number of carbonyl (C=O) groups is 2. The van der Waals surface area contributed by atoms with Crippen LogP contribution in [0.1, 0.15) is 52.9 Å². The monoisotopic (exact) mass is 251 g/mol. The molecule has 18 heavy (non-hydrogen) atoms. The van der Waals surface area contributed by atoms with E-state index in [4.69, 9.17) is 9.52 Å². The van der Waals surface area contributed by atoms with Gasteiger partial charge in [0.1, 0.15) is 11.3 Å². The zero-order chi connectivity index (χ0) is 13.1. The highest BCUT2D eigenvalue weighted by Gasteiger charge is 2.22. The average molecular weight is 251 g/mol. The van der Waals surface area contributed by atoms with E-state index in [2.05, 4.69) is 5.32 Å². The molecule has 0 atom stereocenters. The molecule has 0 bridgehead atoms. The number of nitrogens with one attached hydrogen (secondary N) is 1. The molecule has 0 aliphatic heterocycles. The number of hydrogen-bond acceptors (Lipinski definition) is 3. The molecule has 1 aliphatic carbocycles. The molecule has 1 saturated carbocycles. The van der Waals surface area contributed by atoms with Crippen LogP contribution in [0.3, 0.4) is 0 Å². The van der Waals surface area contributed by atoms with Crippen LogP contribution in [0.4, 0.5) is 0 Å². The molecule has 2 rings (SSSR count). The van der Waals surface area contributed by atoms with Crippen molar-refractivity contribution in [1.29, 1.82) is 0 Å². The van der Waals surface area contributed by atoms with Gasteiger partial charge < -0.3 is 14.8 Å². The van der Waals surface area contributed by atoms with Gasteiger partial charge in [0.2, 0.25) is 0 Å². The Morgan fingerprint density at radius 2 is 2.22 bits per heavy atom. The van der Waals surface area contributed by atoms with E-state index in [-0.39, 0.29) is 17.2 Å². The van der Waals surface area contributed by atoms with Crippen molar-refractivity contribution in [3.63, 3.8) is 0 Å². The number of furan rings is 1. The molecule has 1 amide bonds. The van der Waals surface area contributed by atoms with Crippen molar-refractivity contribution in [3.8, 4) is 0 Å². The maximum Gasteiger partial charge on any atom is 0.339 e. The largest absolute Gasteiger partial charge is 0.478 e. The van der Waals surface area contributed by atoms with Gasteiger partial charge in [0.25, 0.3) is 5.91 Å². The van der Waals surface area contributed by atoms with Crippen molar-refractivity contribution >= 4 is 11.9 Å². The summed E-state index contributed by atoms with van der Waals surface area (Å²) >= 11 is 0. The van der Waals surface area contributed by atoms with E-state index < -0.39 is 5.97 Å². The first-order valence-corrected chi connectivity index (χ1v) is 6.26. The van der Waals surface area contributed by atoms with Crippen LogP contribution in [0.25, 0.3) is 0 Å². The van der Waals surface area contributed by atoms with Gasteiger partial charge in [-0.3, -0.25) is 4.79 Å². The summed E-state index contributed by atoms with van der Waals surface area (Å²) in [5, 5.41) is 11.7. The number of hydrogen-bond donors (Lipinski definition) is 2. The third kappa shape index (κ3) is 2.91. The van der Waals surface area contributed by atoms with Crippen LogP contribution in [0.5, 0.6) is 0 Å². The van der Waals surface area contributed by atoms with Gasteiger partial charge in [0, 0.05) is 19.0 Å². The minimum atomic E-state index is -1.06. The van der Waals surface area contributed by atoms with Gasteiger partial charge in [0.15, 0.2) is 5.76 Å². The third-order valence-electron chi connectivity index (χ3n) is 3.12. The van der Waals surface area contributed by atoms with E-state index in [1.54, 1.807) is 6.92 Å². The SMILES string of the molecule is CCc1oc(C(=O)NCCC2CC2)cc1C(=O)O. The van der Waals surface area contributed by atoms with Gasteiger partial charge in [-0.15, -0.1) is 0 Å². The lowest BCUT2D eigenvalue weighted by atomic mass is 10.2. The Morgan fingerprint density at radius 3 is 2.72 bits per heavy atom. The van der Waals surface area contributed by atoms with Gasteiger partial charge in [-0.25, -0.2) is 4.79 Å². The summed E-state index contributed by atoms with van der Waals surface area (Å²) in [6.07, 6.45) is 3.94. The van der Waals surface area contributed by atoms with Crippen LogP contribution >= 0.6 is 0 Å². The van der Waals surface area contributed by atoms with E-state index in [1.165, 1.54) is 18.9 Å². The molecular weight excluding hydrogens is 234 g/mol. The van der Waals surface area contributed by atoms with Crippen LogP contribution in [-0.4, -0.2) is 23.5 Å². The first-order valence-electron chi connectivity index (χ1n) is 6.26. The number of carboxylic acids is 1. The van der Waals surface area contributed by atoms with Crippen LogP contribution in [-0.2, 0) is 6.42 Å². The van der Waals surface area contributed by atoms with Crippen LogP contribution in [0.2, 0.25) is 0 Å². The van der Waals surface area contributed by atoms with E-state index in [1.807, 2.05) is 0 Å². The molecule has 0 aromatic carbocycles. The Labute approximate surface area is 105 Å². The molecule has 1 aromatic rings. The first-order chi connectivity index (χ1) is 8.61. The Hall–Kier alpha value is -1.78. The zero-order valence-electron chi connectivity index (χ0n) is 10.4. The average Bonchev–Trinajstić information content (AvgIpc) is 3.05. The number of aryl methyl sites for hydroxylation is 1. The fourth-order valence-electron chi connectivity index (χ4n) is 1.87. The first kappa shape index (κ1) is 12.7. The Balaban J connectivity index is 1.97. The molecule has 1 fully saturated rings. The number of carbonyl (C=O) groups excluding carboxylic acids is 1. The highest BCUT2D eigenvalue weighted by molar-refractivity contribution is 5.96. The van der Waals surface area contributed by atoms with Gasteiger partial charge in [-0.2, -0.15) is 0 Å². The Morgan fingerprint density at radius 1 is 1.50 bits per heavy atom. The molecule has 5 nitrogen and oxygen atoms in total. The molecule has 1 aliphatic rings. The second kappa shape index (κ2) is 5.25. The molecule has 0 unspecified atom stereocenters. The van der Waals surface area contributed by atoms with Gasteiger partial charge in [0.05, 0.1) is 0 Å². The predicted molar refractivity (Wildman–Crippen MR) is 64.7 cm³/mol. The lowest BCUT2D eigenvalue weighted by molar-refractivity contribution is 0.0694. The molecular formula is C13H17NO4. The maximum absolute atomic E-state index is 11.8. The highest BCUT2D eigenvalue weighted by Crippen LogP contribution is 2.31. The highest BCUT2D eigenvalue weighted by atomic mass is 16.4. The van der Waals surface area contributed by atoms with E-state index in [9.17, 15) is 9.59 Å². The summed E-state index contributed by atoms with van der Waals surface area (Å²) < 4.78 is 5.27. The summed E-state index contributed by atoms with van der Waals surface area (Å²) in [7, 11) is 0. The van der Waals surface area contributed by atoms with Crippen molar-refractivity contribution < 1.29 is 19.1 Å². The van der Waals surface area contributed by atoms with Gasteiger partial charge >= 0.3 is 5.97 Å². The van der Waals surface area contributed by atoms with E-state index in [0.29, 0.717) is 18.7 Å². The molecule has 5 heteroatoms. The lowest BCUT2D eigenvalue weighted by Crippen LogP contribution is -2.24. The smallest absolute Gasteiger partial charge is 0.339 e. The summed E-state index contributed by atoms with van der Waals surface area (Å²) in [6.45, 7) is 2.41. The van der Waals surface area contributed by atoms with Crippen molar-refractivity contribution in [2.45, 2.75) is 32.6 Å². The van der Waals surface area contributed by atoms with Gasteiger partial charge in [-0.05, 0) is 12.3 Å². The molecule has 2 N–H and O–H groups in total. The fraction of sp³-hybridized carbons (Fsp3) is 0.538. The van der Waals surface area contributed by atoms with Crippen LogP contribution < -0.4 is 5.32 Å². The lowest BCUT2D eigenvalue weighted by Gasteiger charge is -2.01. The minimum absolute atomic E-state index is 0.0739. The normalized spacial score (nSPS) is 14.5. The zero-order valence-corrected chi connectivity index (χ0v) is 10.4. The van der Waals surface area contributed by atoms with E-state index >= 15 is 0 Å². The quantitative estimate of drug-likeness (QED) is 0.811. The molecule has 0 radical (unpaired) electrons. The number of rotatable bonds is 6. The second-order valence-electron chi connectivity index (χ2n) is 4.59. The van der Waals surface area contributed by atoms with Gasteiger partial charge in [-0.1, -0.05) is 19.8 Å². The summed E-state index contributed by atoms with van der Waals surface area (Å²) in [5.74, 6) is -0.219. The molecule has 0 spiro atoms. The topological polar surface area (TPSA) is 79.5 Å². The third-order valence-corrected chi connectivity index (χ3v) is 3.12. The fourth-order valence-corrected chi connectivity index (χ4v) is 1.87. The van der Waals surface area contributed by atoms with Crippen molar-refractivity contribution in [1.82, 2.24) is 5.32 Å². The number of aromatic carboxylic acids is 1. The number of amides is 1. The summed E-state index contributed by atoms with van der Waals surface area (Å²) in [5.41, 5.74) is 0.0739. The van der Waals surface area contributed by atoms with Crippen molar-refractivity contribution in [2.24, 2.45) is 5.92 Å². The minimum Gasteiger partial charge on any atom is -0.478 e. The predicted octanol–water partition coefficient (Wildman–Crippen LogP) is 2.07. The van der Waals surface area contributed by atoms with Crippen LogP contribution in [0.15, 0.2) is 10.5 Å². The Kier molecular flexibility index (Phi) is 3.69. The van der Waals surface area contributed by atoms with Crippen molar-refractivity contribution in [2.75, 3.05) is 6.54 Å². The number of carboxylic acid groups (broad SMARTS) is 1. The van der Waals surface area contributed by atoms with Crippen LogP contribution in [0, 0.1) is 5.92 Å². The Bertz CT molecular complexity index is 460.